The van der Waals surface area contributed by atoms with Crippen LogP contribution in [0.25, 0.3) is 6.08 Å². The second-order valence-electron chi connectivity index (χ2n) is 7.49. The van der Waals surface area contributed by atoms with E-state index in [1.165, 1.54) is 0 Å². The molecule has 1 amide bonds. The van der Waals surface area contributed by atoms with E-state index in [0.717, 1.165) is 54.7 Å². The van der Waals surface area contributed by atoms with Crippen molar-refractivity contribution in [3.63, 3.8) is 0 Å². The van der Waals surface area contributed by atoms with Crippen LogP contribution in [-0.4, -0.2) is 58.4 Å². The van der Waals surface area contributed by atoms with Crippen LogP contribution in [0.3, 0.4) is 0 Å². The van der Waals surface area contributed by atoms with Crippen molar-refractivity contribution in [3.05, 3.63) is 52.6 Å². The summed E-state index contributed by atoms with van der Waals surface area (Å²) in [4.78, 5) is 14.6. The highest BCUT2D eigenvalue weighted by Gasteiger charge is 2.24. The zero-order valence-corrected chi connectivity index (χ0v) is 17.1. The summed E-state index contributed by atoms with van der Waals surface area (Å²) >= 11 is 6.49. The first-order valence-electron chi connectivity index (χ1n) is 10.1. The lowest BCUT2D eigenvalue weighted by molar-refractivity contribution is -0.125. The van der Waals surface area contributed by atoms with Gasteiger partial charge in [0.2, 0.25) is 5.91 Å². The van der Waals surface area contributed by atoms with Crippen molar-refractivity contribution in [2.24, 2.45) is 5.92 Å². The molecule has 0 saturated carbocycles. The Morgan fingerprint density at radius 1 is 1.24 bits per heavy atom. The number of carbonyl (C=O) groups excluding carboxylic acids is 1. The van der Waals surface area contributed by atoms with E-state index in [1.807, 2.05) is 36.4 Å². The Kier molecular flexibility index (Phi) is 6.59. The van der Waals surface area contributed by atoms with Crippen molar-refractivity contribution in [1.82, 2.24) is 25.0 Å². The molecule has 1 atom stereocenters. The number of carbonyl (C=O) groups is 1. The first-order chi connectivity index (χ1) is 14.2. The summed E-state index contributed by atoms with van der Waals surface area (Å²) in [5.74, 6) is 1.76. The number of hydrogen-bond acceptors (Lipinski definition) is 5. The summed E-state index contributed by atoms with van der Waals surface area (Å²) in [7, 11) is 0. The standard InChI is InChI=1S/C21H26ClN5O2/c22-18(12-16-4-2-1-3-5-16)14-26-8-6-19-24-25-20(27(19)10-9-26)13-23-21(28)17-7-11-29-15-17/h1-5,12,17H,6-11,13-15H2,(H,23,28)/b18-12-/t17-/m1/s1. The molecule has 0 bridgehead atoms. The van der Waals surface area contributed by atoms with Crippen LogP contribution in [0.2, 0.25) is 0 Å². The van der Waals surface area contributed by atoms with E-state index in [4.69, 9.17) is 16.3 Å². The number of amides is 1. The molecule has 2 aliphatic heterocycles. The molecule has 4 rings (SSSR count). The van der Waals surface area contributed by atoms with Gasteiger partial charge in [0.25, 0.3) is 0 Å². The van der Waals surface area contributed by atoms with Crippen molar-refractivity contribution in [1.29, 1.82) is 0 Å². The molecule has 0 spiro atoms. The Labute approximate surface area is 175 Å². The summed E-state index contributed by atoms with van der Waals surface area (Å²) < 4.78 is 7.41. The number of fused-ring (bicyclic) bond motifs is 1. The number of benzene rings is 1. The Hall–Kier alpha value is -2.22. The zero-order chi connectivity index (χ0) is 20.1. The van der Waals surface area contributed by atoms with Crippen LogP contribution in [0.4, 0.5) is 0 Å². The molecule has 1 aromatic carbocycles. The number of halogens is 1. The van der Waals surface area contributed by atoms with Crippen LogP contribution < -0.4 is 5.32 Å². The van der Waals surface area contributed by atoms with Crippen LogP contribution in [-0.2, 0) is 29.0 Å². The summed E-state index contributed by atoms with van der Waals surface area (Å²) in [6, 6.07) is 10.1. The van der Waals surface area contributed by atoms with Crippen LogP contribution >= 0.6 is 11.6 Å². The number of aromatic nitrogens is 3. The molecule has 7 nitrogen and oxygen atoms in total. The Morgan fingerprint density at radius 2 is 2.10 bits per heavy atom. The molecule has 0 aliphatic carbocycles. The lowest BCUT2D eigenvalue weighted by Crippen LogP contribution is -2.32. The molecule has 2 aromatic rings. The predicted octanol–water partition coefficient (Wildman–Crippen LogP) is 2.07. The minimum absolute atomic E-state index is 0.0351. The lowest BCUT2D eigenvalue weighted by atomic mass is 10.1. The highest BCUT2D eigenvalue weighted by Crippen LogP contribution is 2.16. The third-order valence-corrected chi connectivity index (χ3v) is 5.64. The second kappa shape index (κ2) is 9.52. The fourth-order valence-corrected chi connectivity index (χ4v) is 4.05. The second-order valence-corrected chi connectivity index (χ2v) is 7.98. The van der Waals surface area contributed by atoms with Crippen molar-refractivity contribution in [2.75, 3.05) is 32.8 Å². The van der Waals surface area contributed by atoms with Crippen molar-refractivity contribution in [2.45, 2.75) is 25.9 Å². The zero-order valence-electron chi connectivity index (χ0n) is 16.4. The largest absolute Gasteiger partial charge is 0.381 e. The van der Waals surface area contributed by atoms with Gasteiger partial charge in [0.05, 0.1) is 19.1 Å². The summed E-state index contributed by atoms with van der Waals surface area (Å²) in [6.45, 7) is 4.81. The normalized spacial score (nSPS) is 20.3. The fraction of sp³-hybridized carbons (Fsp3) is 0.476. The molecule has 1 aromatic heterocycles. The molecule has 0 unspecified atom stereocenters. The molecule has 1 N–H and O–H groups in total. The van der Waals surface area contributed by atoms with E-state index in [9.17, 15) is 4.79 Å². The van der Waals surface area contributed by atoms with Crippen LogP contribution in [0, 0.1) is 5.92 Å². The molecule has 1 saturated heterocycles. The van der Waals surface area contributed by atoms with Gasteiger partial charge in [0, 0.05) is 44.2 Å². The maximum Gasteiger partial charge on any atom is 0.225 e. The first-order valence-corrected chi connectivity index (χ1v) is 10.5. The van der Waals surface area contributed by atoms with Crippen molar-refractivity contribution in [3.8, 4) is 0 Å². The summed E-state index contributed by atoms with van der Waals surface area (Å²) in [6.07, 6.45) is 3.61. The van der Waals surface area contributed by atoms with Crippen LogP contribution in [0.15, 0.2) is 35.4 Å². The molecule has 154 valence electrons. The summed E-state index contributed by atoms with van der Waals surface area (Å²) in [5.41, 5.74) is 1.11. The monoisotopic (exact) mass is 415 g/mol. The maximum absolute atomic E-state index is 12.2. The van der Waals surface area contributed by atoms with E-state index in [2.05, 4.69) is 25.0 Å². The van der Waals surface area contributed by atoms with Gasteiger partial charge in [0.15, 0.2) is 5.82 Å². The SMILES string of the molecule is O=C(NCc1nnc2n1CCN(C/C(Cl)=C/c1ccccc1)CC2)[C@@H]1CCOC1. The van der Waals surface area contributed by atoms with Gasteiger partial charge in [-0.3, -0.25) is 9.69 Å². The van der Waals surface area contributed by atoms with Gasteiger partial charge in [0.1, 0.15) is 5.82 Å². The topological polar surface area (TPSA) is 72.3 Å². The number of ether oxygens (including phenoxy) is 1. The van der Waals surface area contributed by atoms with E-state index in [1.54, 1.807) is 0 Å². The van der Waals surface area contributed by atoms with Gasteiger partial charge in [-0.05, 0) is 18.1 Å². The average Bonchev–Trinajstić information content (AvgIpc) is 3.35. The van der Waals surface area contributed by atoms with E-state index < -0.39 is 0 Å². The highest BCUT2D eigenvalue weighted by molar-refractivity contribution is 6.31. The predicted molar refractivity (Wildman–Crippen MR) is 111 cm³/mol. The third kappa shape index (κ3) is 5.23. The number of rotatable bonds is 6. The third-order valence-electron chi connectivity index (χ3n) is 5.41. The molecular formula is C21H26ClN5O2. The first kappa shape index (κ1) is 20.1. The van der Waals surface area contributed by atoms with Gasteiger partial charge in [-0.1, -0.05) is 41.9 Å². The van der Waals surface area contributed by atoms with Crippen LogP contribution in [0.5, 0.6) is 0 Å². The van der Waals surface area contributed by atoms with Crippen LogP contribution in [0.1, 0.15) is 23.6 Å². The molecule has 1 fully saturated rings. The number of nitrogens with zero attached hydrogens (tertiary/aromatic N) is 4. The molecule has 0 radical (unpaired) electrons. The van der Waals surface area contributed by atoms with E-state index in [-0.39, 0.29) is 11.8 Å². The molecule has 3 heterocycles. The fourth-order valence-electron chi connectivity index (χ4n) is 3.76. The average molecular weight is 416 g/mol. The van der Waals surface area contributed by atoms with E-state index in [0.29, 0.717) is 26.3 Å². The maximum atomic E-state index is 12.2. The molecule has 8 heteroatoms. The van der Waals surface area contributed by atoms with Gasteiger partial charge < -0.3 is 14.6 Å². The molecular weight excluding hydrogens is 390 g/mol. The van der Waals surface area contributed by atoms with Gasteiger partial charge in [-0.15, -0.1) is 10.2 Å². The minimum Gasteiger partial charge on any atom is -0.381 e. The van der Waals surface area contributed by atoms with Gasteiger partial charge >= 0.3 is 0 Å². The smallest absolute Gasteiger partial charge is 0.225 e. The minimum atomic E-state index is -0.0458. The van der Waals surface area contributed by atoms with Crippen molar-refractivity contribution < 1.29 is 9.53 Å². The van der Waals surface area contributed by atoms with E-state index >= 15 is 0 Å². The van der Waals surface area contributed by atoms with Gasteiger partial charge in [-0.2, -0.15) is 0 Å². The number of nitrogens with one attached hydrogen (secondary N) is 1. The Morgan fingerprint density at radius 3 is 2.90 bits per heavy atom. The van der Waals surface area contributed by atoms with Crippen molar-refractivity contribution >= 4 is 23.6 Å². The molecule has 2 aliphatic rings. The Bertz CT molecular complexity index is 861. The van der Waals surface area contributed by atoms with Gasteiger partial charge in [-0.25, -0.2) is 0 Å². The molecule has 29 heavy (non-hydrogen) atoms. The Balaban J connectivity index is 1.32. The lowest BCUT2D eigenvalue weighted by Gasteiger charge is -2.19. The quantitative estimate of drug-likeness (QED) is 0.782. The number of hydrogen-bond donors (Lipinski definition) is 1. The highest BCUT2D eigenvalue weighted by atomic mass is 35.5. The summed E-state index contributed by atoms with van der Waals surface area (Å²) in [5, 5.41) is 12.4.